The Morgan fingerprint density at radius 1 is 1.22 bits per heavy atom. The lowest BCUT2D eigenvalue weighted by Gasteiger charge is -2.22. The molecule has 1 aromatic carbocycles. The van der Waals surface area contributed by atoms with Gasteiger partial charge in [0.05, 0.1) is 5.69 Å². The minimum Gasteiger partial charge on any atom is -0.372 e. The first-order chi connectivity index (χ1) is 8.69. The topological polar surface area (TPSA) is 88.2 Å². The molecule has 0 saturated carbocycles. The van der Waals surface area contributed by atoms with Crippen molar-refractivity contribution in [3.63, 3.8) is 0 Å². The van der Waals surface area contributed by atoms with Crippen LogP contribution in [0.15, 0.2) is 42.6 Å². The van der Waals surface area contributed by atoms with Crippen molar-refractivity contribution in [1.82, 2.24) is 10.4 Å². The van der Waals surface area contributed by atoms with Gasteiger partial charge < -0.3 is 5.11 Å². The van der Waals surface area contributed by atoms with E-state index in [9.17, 15) is 9.90 Å². The van der Waals surface area contributed by atoms with E-state index >= 15 is 0 Å². The average molecular weight is 241 g/mol. The van der Waals surface area contributed by atoms with Crippen LogP contribution in [-0.4, -0.2) is 16.0 Å². The minimum absolute atomic E-state index is 0.453. The number of amides is 1. The van der Waals surface area contributed by atoms with Crippen LogP contribution in [0.3, 0.4) is 0 Å². The molecule has 0 saturated heterocycles. The predicted molar refractivity (Wildman–Crippen MR) is 65.0 cm³/mol. The van der Waals surface area contributed by atoms with Gasteiger partial charge in [-0.25, -0.2) is 5.84 Å². The minimum atomic E-state index is -1.77. The lowest BCUT2D eigenvalue weighted by molar-refractivity contribution is -0.136. The van der Waals surface area contributed by atoms with E-state index in [1.54, 1.807) is 30.5 Å². The molecule has 1 aliphatic rings. The van der Waals surface area contributed by atoms with Crippen LogP contribution >= 0.6 is 0 Å². The van der Waals surface area contributed by atoms with Crippen LogP contribution < -0.4 is 11.3 Å². The zero-order valence-corrected chi connectivity index (χ0v) is 9.42. The Morgan fingerprint density at radius 2 is 1.94 bits per heavy atom. The van der Waals surface area contributed by atoms with E-state index in [-0.39, 0.29) is 0 Å². The molecule has 0 spiro atoms. The summed E-state index contributed by atoms with van der Waals surface area (Å²) in [7, 11) is 0. The third kappa shape index (κ3) is 1.17. The molecule has 1 atom stereocenters. The first-order valence-corrected chi connectivity index (χ1v) is 5.48. The Kier molecular flexibility index (Phi) is 2.19. The van der Waals surface area contributed by atoms with Crippen LogP contribution in [0.5, 0.6) is 0 Å². The Morgan fingerprint density at radius 3 is 2.72 bits per heavy atom. The summed E-state index contributed by atoms with van der Waals surface area (Å²) in [6, 6.07) is 10.5. The number of hydrogen-bond donors (Lipinski definition) is 3. The van der Waals surface area contributed by atoms with E-state index in [1.165, 1.54) is 0 Å². The summed E-state index contributed by atoms with van der Waals surface area (Å²) < 4.78 is 0. The van der Waals surface area contributed by atoms with Crippen LogP contribution in [0, 0.1) is 0 Å². The van der Waals surface area contributed by atoms with Crippen molar-refractivity contribution >= 4 is 5.91 Å². The van der Waals surface area contributed by atoms with Crippen molar-refractivity contribution in [3.8, 4) is 11.3 Å². The van der Waals surface area contributed by atoms with E-state index < -0.39 is 11.5 Å². The molecule has 1 aliphatic carbocycles. The molecule has 90 valence electrons. The first kappa shape index (κ1) is 10.9. The van der Waals surface area contributed by atoms with Gasteiger partial charge >= 0.3 is 0 Å². The highest BCUT2D eigenvalue weighted by Gasteiger charge is 2.48. The third-order valence-electron chi connectivity index (χ3n) is 3.23. The summed E-state index contributed by atoms with van der Waals surface area (Å²) in [4.78, 5) is 16.2. The Balaban J connectivity index is 2.37. The number of aromatic nitrogens is 1. The summed E-state index contributed by atoms with van der Waals surface area (Å²) in [5, 5.41) is 10.7. The summed E-state index contributed by atoms with van der Waals surface area (Å²) in [6.07, 6.45) is 1.63. The number of fused-ring (bicyclic) bond motifs is 3. The van der Waals surface area contributed by atoms with Crippen LogP contribution in [0.25, 0.3) is 11.3 Å². The fourth-order valence-corrected chi connectivity index (χ4v) is 2.41. The zero-order valence-electron chi connectivity index (χ0n) is 9.42. The largest absolute Gasteiger partial charge is 0.372 e. The van der Waals surface area contributed by atoms with Gasteiger partial charge in [-0.2, -0.15) is 0 Å². The normalized spacial score (nSPS) is 20.1. The second kappa shape index (κ2) is 3.63. The van der Waals surface area contributed by atoms with Crippen molar-refractivity contribution in [2.45, 2.75) is 5.60 Å². The van der Waals surface area contributed by atoms with Gasteiger partial charge in [-0.3, -0.25) is 15.2 Å². The molecule has 3 rings (SSSR count). The fraction of sp³-hybridized carbons (Fsp3) is 0.0769. The second-order valence-electron chi connectivity index (χ2n) is 4.13. The highest BCUT2D eigenvalue weighted by atomic mass is 16.3. The number of nitrogens with two attached hydrogens (primary N) is 1. The number of rotatable bonds is 1. The number of aliphatic hydroxyl groups is 1. The van der Waals surface area contributed by atoms with Crippen LogP contribution in [-0.2, 0) is 10.4 Å². The van der Waals surface area contributed by atoms with Crippen LogP contribution in [0.4, 0.5) is 0 Å². The molecule has 1 aromatic heterocycles. The number of carbonyl (C=O) groups is 1. The van der Waals surface area contributed by atoms with Crippen molar-refractivity contribution in [2.75, 3.05) is 0 Å². The molecular weight excluding hydrogens is 230 g/mol. The highest BCUT2D eigenvalue weighted by molar-refractivity contribution is 5.97. The fourth-order valence-electron chi connectivity index (χ4n) is 2.41. The number of nitrogens with one attached hydrogen (secondary N) is 1. The number of pyridine rings is 1. The van der Waals surface area contributed by atoms with Gasteiger partial charge in [-0.1, -0.05) is 30.3 Å². The van der Waals surface area contributed by atoms with Gasteiger partial charge in [-0.05, 0) is 6.07 Å². The zero-order chi connectivity index (χ0) is 12.8. The van der Waals surface area contributed by atoms with E-state index in [0.29, 0.717) is 16.8 Å². The molecule has 1 unspecified atom stereocenters. The number of carbonyl (C=O) groups excluding carboxylic acids is 1. The van der Waals surface area contributed by atoms with E-state index in [0.717, 1.165) is 5.56 Å². The molecule has 1 amide bonds. The summed E-state index contributed by atoms with van der Waals surface area (Å²) in [5.74, 6) is 4.51. The molecule has 0 fully saturated rings. The van der Waals surface area contributed by atoms with Crippen LogP contribution in [0.1, 0.15) is 11.1 Å². The van der Waals surface area contributed by atoms with Crippen molar-refractivity contribution in [2.24, 2.45) is 5.84 Å². The Bertz CT molecular complexity index is 594. The van der Waals surface area contributed by atoms with Crippen molar-refractivity contribution in [1.29, 1.82) is 0 Å². The average Bonchev–Trinajstić information content (AvgIpc) is 2.70. The van der Waals surface area contributed by atoms with Gasteiger partial charge in [0, 0.05) is 22.9 Å². The maximum Gasteiger partial charge on any atom is 0.275 e. The molecule has 0 radical (unpaired) electrons. The van der Waals surface area contributed by atoms with Gasteiger partial charge in [-0.15, -0.1) is 0 Å². The quantitative estimate of drug-likeness (QED) is 0.380. The molecular formula is C13H11N3O2. The second-order valence-corrected chi connectivity index (χ2v) is 4.13. The van der Waals surface area contributed by atoms with Crippen molar-refractivity contribution < 1.29 is 9.90 Å². The molecule has 5 heteroatoms. The first-order valence-electron chi connectivity index (χ1n) is 5.48. The van der Waals surface area contributed by atoms with Crippen LogP contribution in [0.2, 0.25) is 0 Å². The molecule has 0 bridgehead atoms. The molecule has 2 aromatic rings. The monoisotopic (exact) mass is 241 g/mol. The number of nitrogens with zero attached hydrogens (tertiary/aromatic N) is 1. The number of hydrazine groups is 1. The molecule has 5 nitrogen and oxygen atoms in total. The van der Waals surface area contributed by atoms with Gasteiger partial charge in [0.2, 0.25) is 0 Å². The van der Waals surface area contributed by atoms with E-state index in [1.807, 2.05) is 17.6 Å². The van der Waals surface area contributed by atoms with Gasteiger partial charge in [0.1, 0.15) is 0 Å². The molecule has 18 heavy (non-hydrogen) atoms. The lowest BCUT2D eigenvalue weighted by atomic mass is 9.91. The van der Waals surface area contributed by atoms with E-state index in [4.69, 9.17) is 5.84 Å². The smallest absolute Gasteiger partial charge is 0.275 e. The molecule has 0 aliphatic heterocycles. The van der Waals surface area contributed by atoms with E-state index in [2.05, 4.69) is 4.98 Å². The standard InChI is InChI=1S/C13H11N3O2/c14-16-12(17)13(18)9-5-2-1-4-8(9)11-10(13)6-3-7-15-11/h1-7,18H,14H2,(H,16,17). The van der Waals surface area contributed by atoms with Gasteiger partial charge in [0.15, 0.2) is 5.60 Å². The molecule has 1 heterocycles. The summed E-state index contributed by atoms with van der Waals surface area (Å²) >= 11 is 0. The number of hydrogen-bond acceptors (Lipinski definition) is 4. The Hall–Kier alpha value is -2.24. The highest BCUT2D eigenvalue weighted by Crippen LogP contribution is 2.46. The number of benzene rings is 1. The summed E-state index contributed by atoms with van der Waals surface area (Å²) in [5.41, 5.74) is 2.56. The summed E-state index contributed by atoms with van der Waals surface area (Å²) in [6.45, 7) is 0. The maximum absolute atomic E-state index is 11.9. The lowest BCUT2D eigenvalue weighted by Crippen LogP contribution is -2.47. The predicted octanol–water partition coefficient (Wildman–Crippen LogP) is 0.288. The van der Waals surface area contributed by atoms with Gasteiger partial charge in [0.25, 0.3) is 5.91 Å². The Labute approximate surface area is 103 Å². The van der Waals surface area contributed by atoms with Crippen molar-refractivity contribution in [3.05, 3.63) is 53.7 Å². The molecule has 4 N–H and O–H groups in total. The SMILES string of the molecule is NNC(=O)C1(O)c2ccccc2-c2ncccc21. The third-order valence-corrected chi connectivity index (χ3v) is 3.23. The maximum atomic E-state index is 11.9.